The molecule has 0 aliphatic carbocycles. The van der Waals surface area contributed by atoms with Gasteiger partial charge in [-0.05, 0) is 44.5 Å². The Morgan fingerprint density at radius 3 is 2.85 bits per heavy atom. The summed E-state index contributed by atoms with van der Waals surface area (Å²) in [6.07, 6.45) is 0. The van der Waals surface area contributed by atoms with Crippen LogP contribution in [0.5, 0.6) is 0 Å². The Labute approximate surface area is 120 Å². The van der Waals surface area contributed by atoms with Gasteiger partial charge in [0.05, 0.1) is 13.2 Å². The molecule has 0 radical (unpaired) electrons. The van der Waals surface area contributed by atoms with E-state index in [1.165, 1.54) is 0 Å². The van der Waals surface area contributed by atoms with Gasteiger partial charge in [0.1, 0.15) is 6.04 Å². The zero-order chi connectivity index (χ0) is 14.7. The lowest BCUT2D eigenvalue weighted by atomic mass is 10.1. The van der Waals surface area contributed by atoms with Crippen molar-refractivity contribution < 1.29 is 9.53 Å². The maximum absolute atomic E-state index is 12.3. The molecule has 0 aromatic heterocycles. The summed E-state index contributed by atoms with van der Waals surface area (Å²) in [6.45, 7) is 7.64. The van der Waals surface area contributed by atoms with Gasteiger partial charge in [-0.1, -0.05) is 0 Å². The van der Waals surface area contributed by atoms with E-state index in [2.05, 4.69) is 16.3 Å². The number of nitrogens with two attached hydrogens (primary N) is 1. The number of hydrogen-bond acceptors (Lipinski definition) is 4. The highest BCUT2D eigenvalue weighted by Crippen LogP contribution is 2.24. The van der Waals surface area contributed by atoms with Crippen LogP contribution in [-0.4, -0.2) is 37.7 Å². The van der Waals surface area contributed by atoms with E-state index < -0.39 is 0 Å². The van der Waals surface area contributed by atoms with Crippen molar-refractivity contribution in [2.24, 2.45) is 0 Å². The molecule has 5 heteroatoms. The molecule has 1 aromatic carbocycles. The molecule has 1 heterocycles. The standard InChI is InChI=1S/C15H23N3O2/c1-10(2)17-15(19)14-9-20-5-4-18(14)13-7-11(3)6-12(16)8-13/h6-8,10,14H,4-5,9,16H2,1-3H3,(H,17,19). The summed E-state index contributed by atoms with van der Waals surface area (Å²) in [5, 5.41) is 2.95. The lowest BCUT2D eigenvalue weighted by Gasteiger charge is -2.37. The number of ether oxygens (including phenoxy) is 1. The quantitative estimate of drug-likeness (QED) is 0.817. The molecule has 1 atom stereocenters. The van der Waals surface area contributed by atoms with E-state index in [-0.39, 0.29) is 18.0 Å². The van der Waals surface area contributed by atoms with E-state index in [0.717, 1.165) is 16.9 Å². The number of nitrogens with one attached hydrogen (secondary N) is 1. The Bertz CT molecular complexity index is 468. The topological polar surface area (TPSA) is 67.6 Å². The molecular weight excluding hydrogens is 254 g/mol. The average Bonchev–Trinajstić information content (AvgIpc) is 2.36. The number of carbonyl (C=O) groups excluding carboxylic acids is 1. The number of anilines is 2. The van der Waals surface area contributed by atoms with Gasteiger partial charge in [0.2, 0.25) is 5.91 Å². The second-order valence-corrected chi connectivity index (χ2v) is 5.55. The highest BCUT2D eigenvalue weighted by Gasteiger charge is 2.30. The van der Waals surface area contributed by atoms with Crippen LogP contribution in [0.1, 0.15) is 19.4 Å². The summed E-state index contributed by atoms with van der Waals surface area (Å²) in [7, 11) is 0. The van der Waals surface area contributed by atoms with Gasteiger partial charge in [-0.2, -0.15) is 0 Å². The molecule has 110 valence electrons. The highest BCUT2D eigenvalue weighted by molar-refractivity contribution is 5.86. The lowest BCUT2D eigenvalue weighted by molar-refractivity contribution is -0.125. The van der Waals surface area contributed by atoms with Crippen LogP contribution in [0.25, 0.3) is 0 Å². The molecule has 1 aliphatic heterocycles. The Morgan fingerprint density at radius 2 is 2.20 bits per heavy atom. The number of morpholine rings is 1. The van der Waals surface area contributed by atoms with Crippen LogP contribution in [-0.2, 0) is 9.53 Å². The molecule has 1 unspecified atom stereocenters. The van der Waals surface area contributed by atoms with Crippen LogP contribution < -0.4 is 16.0 Å². The zero-order valence-corrected chi connectivity index (χ0v) is 12.3. The van der Waals surface area contributed by atoms with Crippen LogP contribution in [0.15, 0.2) is 18.2 Å². The maximum Gasteiger partial charge on any atom is 0.245 e. The van der Waals surface area contributed by atoms with Gasteiger partial charge in [0.25, 0.3) is 0 Å². The van der Waals surface area contributed by atoms with Crippen LogP contribution in [0.4, 0.5) is 11.4 Å². The SMILES string of the molecule is Cc1cc(N)cc(N2CCOCC2C(=O)NC(C)C)c1. The first kappa shape index (κ1) is 14.7. The number of nitrogens with zero attached hydrogens (tertiary/aromatic N) is 1. The van der Waals surface area contributed by atoms with Crippen molar-refractivity contribution in [2.75, 3.05) is 30.4 Å². The van der Waals surface area contributed by atoms with Crippen LogP contribution in [0, 0.1) is 6.92 Å². The van der Waals surface area contributed by atoms with Crippen molar-refractivity contribution >= 4 is 17.3 Å². The Hall–Kier alpha value is -1.75. The van der Waals surface area contributed by atoms with E-state index in [9.17, 15) is 4.79 Å². The molecule has 20 heavy (non-hydrogen) atoms. The first-order chi connectivity index (χ1) is 9.47. The fourth-order valence-electron chi connectivity index (χ4n) is 2.47. The molecule has 1 aromatic rings. The van der Waals surface area contributed by atoms with Crippen molar-refractivity contribution in [3.63, 3.8) is 0 Å². The highest BCUT2D eigenvalue weighted by atomic mass is 16.5. The summed E-state index contributed by atoms with van der Waals surface area (Å²) >= 11 is 0. The molecule has 3 N–H and O–H groups in total. The summed E-state index contributed by atoms with van der Waals surface area (Å²) in [4.78, 5) is 14.4. The number of hydrogen-bond donors (Lipinski definition) is 2. The molecule has 5 nitrogen and oxygen atoms in total. The van der Waals surface area contributed by atoms with E-state index in [0.29, 0.717) is 19.8 Å². The lowest BCUT2D eigenvalue weighted by Crippen LogP contribution is -2.55. The summed E-state index contributed by atoms with van der Waals surface area (Å²) in [6, 6.07) is 5.71. The fraction of sp³-hybridized carbons (Fsp3) is 0.533. The van der Waals surface area contributed by atoms with E-state index in [4.69, 9.17) is 10.5 Å². The van der Waals surface area contributed by atoms with E-state index in [1.807, 2.05) is 32.9 Å². The first-order valence-electron chi connectivity index (χ1n) is 6.99. The van der Waals surface area contributed by atoms with Crippen molar-refractivity contribution in [1.82, 2.24) is 5.32 Å². The van der Waals surface area contributed by atoms with Gasteiger partial charge in [-0.25, -0.2) is 0 Å². The third-order valence-electron chi connectivity index (χ3n) is 3.28. The van der Waals surface area contributed by atoms with Crippen LogP contribution in [0.2, 0.25) is 0 Å². The predicted molar refractivity (Wildman–Crippen MR) is 80.8 cm³/mol. The third kappa shape index (κ3) is 3.42. The summed E-state index contributed by atoms with van der Waals surface area (Å²) in [5.74, 6) is -0.000206. The third-order valence-corrected chi connectivity index (χ3v) is 3.28. The molecule has 1 fully saturated rings. The van der Waals surface area contributed by atoms with Gasteiger partial charge in [0.15, 0.2) is 0 Å². The second kappa shape index (κ2) is 6.13. The van der Waals surface area contributed by atoms with Gasteiger partial charge in [0, 0.05) is 24.0 Å². The van der Waals surface area contributed by atoms with Gasteiger partial charge in [-0.15, -0.1) is 0 Å². The molecule has 2 rings (SSSR count). The summed E-state index contributed by atoms with van der Waals surface area (Å²) < 4.78 is 5.46. The number of benzene rings is 1. The van der Waals surface area contributed by atoms with Gasteiger partial charge < -0.3 is 20.7 Å². The largest absolute Gasteiger partial charge is 0.399 e. The van der Waals surface area contributed by atoms with Crippen LogP contribution >= 0.6 is 0 Å². The normalized spacial score (nSPS) is 19.2. The Morgan fingerprint density at radius 1 is 1.45 bits per heavy atom. The minimum absolute atomic E-state index is 0.000206. The zero-order valence-electron chi connectivity index (χ0n) is 12.3. The van der Waals surface area contributed by atoms with Crippen molar-refractivity contribution in [1.29, 1.82) is 0 Å². The predicted octanol–water partition coefficient (Wildman–Crippen LogP) is 1.31. The first-order valence-corrected chi connectivity index (χ1v) is 6.99. The molecular formula is C15H23N3O2. The molecule has 1 saturated heterocycles. The van der Waals surface area contributed by atoms with Gasteiger partial charge >= 0.3 is 0 Å². The fourth-order valence-corrected chi connectivity index (χ4v) is 2.47. The molecule has 1 aliphatic rings. The van der Waals surface area contributed by atoms with Crippen LogP contribution in [0.3, 0.4) is 0 Å². The average molecular weight is 277 g/mol. The molecule has 0 saturated carbocycles. The summed E-state index contributed by atoms with van der Waals surface area (Å²) in [5.41, 5.74) is 8.70. The number of carbonyl (C=O) groups is 1. The maximum atomic E-state index is 12.3. The molecule has 1 amide bonds. The van der Waals surface area contributed by atoms with Crippen molar-refractivity contribution in [3.05, 3.63) is 23.8 Å². The van der Waals surface area contributed by atoms with E-state index in [1.54, 1.807) is 0 Å². The van der Waals surface area contributed by atoms with E-state index >= 15 is 0 Å². The smallest absolute Gasteiger partial charge is 0.245 e. The molecule has 0 bridgehead atoms. The minimum Gasteiger partial charge on any atom is -0.399 e. The van der Waals surface area contributed by atoms with Crippen molar-refractivity contribution in [3.8, 4) is 0 Å². The monoisotopic (exact) mass is 277 g/mol. The Balaban J connectivity index is 2.24. The number of rotatable bonds is 3. The molecule has 0 spiro atoms. The second-order valence-electron chi connectivity index (χ2n) is 5.55. The number of amides is 1. The van der Waals surface area contributed by atoms with Gasteiger partial charge in [-0.3, -0.25) is 4.79 Å². The number of aryl methyl sites for hydroxylation is 1. The minimum atomic E-state index is -0.299. The Kier molecular flexibility index (Phi) is 4.49. The number of nitrogen functional groups attached to an aromatic ring is 1. The van der Waals surface area contributed by atoms with Crippen molar-refractivity contribution in [2.45, 2.75) is 32.9 Å².